The highest BCUT2D eigenvalue weighted by atomic mass is 19.4. The van der Waals surface area contributed by atoms with Crippen molar-refractivity contribution in [3.05, 3.63) is 95.3 Å². The second-order valence-electron chi connectivity index (χ2n) is 7.34. The van der Waals surface area contributed by atoms with Crippen LogP contribution in [0.25, 0.3) is 17.2 Å². The Labute approximate surface area is 187 Å². The number of ether oxygens (including phenoxy) is 2. The lowest BCUT2D eigenvalue weighted by molar-refractivity contribution is -0.274. The summed E-state index contributed by atoms with van der Waals surface area (Å²) in [6.45, 7) is 0.218. The van der Waals surface area contributed by atoms with Crippen LogP contribution in [0.2, 0.25) is 0 Å². The van der Waals surface area contributed by atoms with Crippen molar-refractivity contribution in [2.75, 3.05) is 13.2 Å². The Morgan fingerprint density at radius 3 is 2.21 bits per heavy atom. The van der Waals surface area contributed by atoms with E-state index < -0.39 is 24.0 Å². The number of rotatable bonds is 6. The molecular weight excluding hydrogens is 438 g/mol. The van der Waals surface area contributed by atoms with Gasteiger partial charge in [-0.05, 0) is 34.4 Å². The number of benzene rings is 3. The van der Waals surface area contributed by atoms with Crippen molar-refractivity contribution in [3.8, 4) is 16.9 Å². The van der Waals surface area contributed by atoms with Crippen LogP contribution in [-0.2, 0) is 4.74 Å². The molecule has 0 unspecified atom stereocenters. The molecule has 0 heterocycles. The van der Waals surface area contributed by atoms with Crippen LogP contribution in [0.15, 0.2) is 72.8 Å². The van der Waals surface area contributed by atoms with Gasteiger partial charge in [0.05, 0.1) is 0 Å². The summed E-state index contributed by atoms with van der Waals surface area (Å²) in [7, 11) is 0. The summed E-state index contributed by atoms with van der Waals surface area (Å²) in [5.41, 5.74) is 4.50. The SMILES string of the molecule is O=C(NCC=Cc1ccc(OC(F)(F)F)cc1F)OCC1c2ccccc2-c2ccccc21. The smallest absolute Gasteiger partial charge is 0.449 e. The average molecular weight is 457 g/mol. The largest absolute Gasteiger partial charge is 0.573 e. The molecule has 0 saturated heterocycles. The van der Waals surface area contributed by atoms with Gasteiger partial charge < -0.3 is 14.8 Å². The van der Waals surface area contributed by atoms with E-state index in [2.05, 4.69) is 10.1 Å². The van der Waals surface area contributed by atoms with Crippen molar-refractivity contribution in [1.82, 2.24) is 5.32 Å². The Hall–Kier alpha value is -3.81. The average Bonchev–Trinajstić information content (AvgIpc) is 3.09. The number of amides is 1. The Kier molecular flexibility index (Phi) is 6.35. The number of carbonyl (C=O) groups is 1. The minimum Gasteiger partial charge on any atom is -0.449 e. The quantitative estimate of drug-likeness (QED) is 0.444. The number of hydrogen-bond acceptors (Lipinski definition) is 3. The van der Waals surface area contributed by atoms with Gasteiger partial charge in [0, 0.05) is 24.1 Å². The second kappa shape index (κ2) is 9.36. The Balaban J connectivity index is 1.30. The van der Waals surface area contributed by atoms with Gasteiger partial charge in [-0.2, -0.15) is 0 Å². The van der Waals surface area contributed by atoms with E-state index in [-0.39, 0.29) is 24.6 Å². The van der Waals surface area contributed by atoms with Crippen LogP contribution >= 0.6 is 0 Å². The fourth-order valence-electron chi connectivity index (χ4n) is 3.82. The Morgan fingerprint density at radius 1 is 0.970 bits per heavy atom. The van der Waals surface area contributed by atoms with Crippen LogP contribution in [-0.4, -0.2) is 25.6 Å². The summed E-state index contributed by atoms with van der Waals surface area (Å²) >= 11 is 0. The molecule has 3 aromatic rings. The van der Waals surface area contributed by atoms with Gasteiger partial charge in [-0.15, -0.1) is 13.2 Å². The summed E-state index contributed by atoms with van der Waals surface area (Å²) in [6, 6.07) is 18.8. The van der Waals surface area contributed by atoms with Crippen LogP contribution in [0.3, 0.4) is 0 Å². The summed E-state index contributed by atoms with van der Waals surface area (Å²) in [6.07, 6.45) is -2.71. The molecule has 170 valence electrons. The van der Waals surface area contributed by atoms with Gasteiger partial charge >= 0.3 is 12.5 Å². The van der Waals surface area contributed by atoms with E-state index >= 15 is 0 Å². The van der Waals surface area contributed by atoms with Gasteiger partial charge in [0.1, 0.15) is 18.2 Å². The zero-order valence-electron chi connectivity index (χ0n) is 17.2. The number of fused-ring (bicyclic) bond motifs is 3. The molecule has 0 saturated carbocycles. The number of nitrogens with one attached hydrogen (secondary N) is 1. The number of alkyl carbamates (subject to hydrolysis) is 1. The van der Waals surface area contributed by atoms with Gasteiger partial charge in [-0.25, -0.2) is 9.18 Å². The summed E-state index contributed by atoms with van der Waals surface area (Å²) in [4.78, 5) is 12.1. The maximum Gasteiger partial charge on any atom is 0.573 e. The molecule has 0 atom stereocenters. The number of hydrogen-bond donors (Lipinski definition) is 1. The molecule has 4 rings (SSSR count). The van der Waals surface area contributed by atoms with Crippen molar-refractivity contribution in [1.29, 1.82) is 0 Å². The molecule has 1 aliphatic carbocycles. The third kappa shape index (κ3) is 5.34. The van der Waals surface area contributed by atoms with Crippen molar-refractivity contribution in [2.45, 2.75) is 12.3 Å². The van der Waals surface area contributed by atoms with Gasteiger partial charge in [0.2, 0.25) is 0 Å². The van der Waals surface area contributed by atoms with Crippen LogP contribution in [0.1, 0.15) is 22.6 Å². The summed E-state index contributed by atoms with van der Waals surface area (Å²) in [5, 5.41) is 2.54. The lowest BCUT2D eigenvalue weighted by atomic mass is 9.98. The van der Waals surface area contributed by atoms with E-state index in [9.17, 15) is 22.4 Å². The molecule has 0 fully saturated rings. The maximum absolute atomic E-state index is 13.9. The summed E-state index contributed by atoms with van der Waals surface area (Å²) < 4.78 is 59.6. The molecule has 1 amide bonds. The molecular formula is C25H19F4NO3. The first-order chi connectivity index (χ1) is 15.8. The molecule has 0 aromatic heterocycles. The number of carbonyl (C=O) groups excluding carboxylic acids is 1. The number of alkyl halides is 3. The second-order valence-corrected chi connectivity index (χ2v) is 7.34. The van der Waals surface area contributed by atoms with E-state index in [1.807, 2.05) is 48.5 Å². The topological polar surface area (TPSA) is 47.6 Å². The van der Waals surface area contributed by atoms with Gasteiger partial charge in [0.25, 0.3) is 0 Å². The Bertz CT molecular complexity index is 1140. The first-order valence-corrected chi connectivity index (χ1v) is 10.1. The van der Waals surface area contributed by atoms with E-state index in [0.29, 0.717) is 6.07 Å². The minimum atomic E-state index is -4.89. The first kappa shape index (κ1) is 22.4. The molecule has 0 radical (unpaired) electrons. The zero-order valence-corrected chi connectivity index (χ0v) is 17.2. The fraction of sp³-hybridized carbons (Fsp3) is 0.160. The third-order valence-electron chi connectivity index (χ3n) is 5.21. The fourth-order valence-corrected chi connectivity index (χ4v) is 3.82. The van der Waals surface area contributed by atoms with Crippen LogP contribution in [0, 0.1) is 5.82 Å². The standard InChI is InChI=1S/C25H19F4NO3/c26-23-14-17(33-25(27,28)29)12-11-16(23)6-5-13-30-24(31)32-15-22-20-9-3-1-7-18(20)19-8-2-4-10-21(19)22/h1-12,14,22H,13,15H2,(H,30,31). The highest BCUT2D eigenvalue weighted by Crippen LogP contribution is 2.44. The highest BCUT2D eigenvalue weighted by molar-refractivity contribution is 5.79. The highest BCUT2D eigenvalue weighted by Gasteiger charge is 2.31. The molecule has 1 aliphatic rings. The first-order valence-electron chi connectivity index (χ1n) is 10.1. The zero-order chi connectivity index (χ0) is 23.4. The van der Waals surface area contributed by atoms with Gasteiger partial charge in [-0.3, -0.25) is 0 Å². The molecule has 0 aliphatic heterocycles. The molecule has 1 N–H and O–H groups in total. The van der Waals surface area contributed by atoms with Gasteiger partial charge in [0.15, 0.2) is 0 Å². The lowest BCUT2D eigenvalue weighted by Gasteiger charge is -2.14. The van der Waals surface area contributed by atoms with Crippen LogP contribution in [0.5, 0.6) is 5.75 Å². The minimum absolute atomic E-state index is 0.0525. The maximum atomic E-state index is 13.9. The van der Waals surface area contributed by atoms with Crippen molar-refractivity contribution in [3.63, 3.8) is 0 Å². The predicted octanol–water partition coefficient (Wildman–Crippen LogP) is 6.28. The van der Waals surface area contributed by atoms with E-state index in [4.69, 9.17) is 4.74 Å². The van der Waals surface area contributed by atoms with Crippen molar-refractivity contribution >= 4 is 12.2 Å². The van der Waals surface area contributed by atoms with Crippen LogP contribution < -0.4 is 10.1 Å². The lowest BCUT2D eigenvalue weighted by Crippen LogP contribution is -2.26. The predicted molar refractivity (Wildman–Crippen MR) is 115 cm³/mol. The van der Waals surface area contributed by atoms with Crippen molar-refractivity contribution in [2.24, 2.45) is 0 Å². The summed E-state index contributed by atoms with van der Waals surface area (Å²) in [5.74, 6) is -1.59. The normalized spacial score (nSPS) is 13.0. The molecule has 4 nitrogen and oxygen atoms in total. The van der Waals surface area contributed by atoms with E-state index in [0.717, 1.165) is 34.4 Å². The monoisotopic (exact) mass is 457 g/mol. The molecule has 3 aromatic carbocycles. The molecule has 0 spiro atoms. The van der Waals surface area contributed by atoms with E-state index in [1.54, 1.807) is 0 Å². The third-order valence-corrected chi connectivity index (χ3v) is 5.21. The molecule has 0 bridgehead atoms. The van der Waals surface area contributed by atoms with E-state index in [1.165, 1.54) is 12.2 Å². The van der Waals surface area contributed by atoms with Crippen LogP contribution in [0.4, 0.5) is 22.4 Å². The number of halogens is 4. The Morgan fingerprint density at radius 2 is 1.61 bits per heavy atom. The molecule has 33 heavy (non-hydrogen) atoms. The van der Waals surface area contributed by atoms with Crippen molar-refractivity contribution < 1.29 is 31.8 Å². The molecule has 8 heteroatoms. The van der Waals surface area contributed by atoms with Gasteiger partial charge in [-0.1, -0.05) is 60.7 Å².